The van der Waals surface area contributed by atoms with Crippen molar-refractivity contribution >= 4 is 12.0 Å². The SMILES string of the molecule is CCCCC1N(CC2CCCCC2)C(=O)OC12CCN(C1CCN(C(=O)c3ccc[nH]3)CC1)CC2. The molecule has 7 nitrogen and oxygen atoms in total. The van der Waals surface area contributed by atoms with Crippen LogP contribution in [0.5, 0.6) is 0 Å². The van der Waals surface area contributed by atoms with Gasteiger partial charge in [0.15, 0.2) is 0 Å². The maximum Gasteiger partial charge on any atom is 0.410 e. The van der Waals surface area contributed by atoms with Crippen LogP contribution in [0, 0.1) is 5.92 Å². The monoisotopic (exact) mass is 484 g/mol. The van der Waals surface area contributed by atoms with E-state index in [-0.39, 0.29) is 23.6 Å². The van der Waals surface area contributed by atoms with E-state index in [1.54, 1.807) is 0 Å². The van der Waals surface area contributed by atoms with Gasteiger partial charge in [0.2, 0.25) is 0 Å². The molecule has 1 atom stereocenters. The molecule has 3 aliphatic heterocycles. The van der Waals surface area contributed by atoms with Crippen LogP contribution in [0.15, 0.2) is 18.3 Å². The predicted molar refractivity (Wildman–Crippen MR) is 136 cm³/mol. The Balaban J connectivity index is 1.17. The second kappa shape index (κ2) is 10.9. The van der Waals surface area contributed by atoms with Gasteiger partial charge in [0.05, 0.1) is 6.04 Å². The van der Waals surface area contributed by atoms with Crippen LogP contribution < -0.4 is 0 Å². The number of nitrogens with zero attached hydrogens (tertiary/aromatic N) is 3. The quantitative estimate of drug-likeness (QED) is 0.588. The summed E-state index contributed by atoms with van der Waals surface area (Å²) in [5.41, 5.74) is 0.379. The fourth-order valence-corrected chi connectivity index (χ4v) is 7.15. The van der Waals surface area contributed by atoms with E-state index in [2.05, 4.69) is 21.7 Å². The van der Waals surface area contributed by atoms with Crippen molar-refractivity contribution in [3.63, 3.8) is 0 Å². The van der Waals surface area contributed by atoms with Crippen LogP contribution in [0.3, 0.4) is 0 Å². The lowest BCUT2D eigenvalue weighted by Gasteiger charge is -2.46. The molecule has 1 aromatic rings. The number of unbranched alkanes of at least 4 members (excludes halogenated alkanes) is 1. The Morgan fingerprint density at radius 1 is 1.09 bits per heavy atom. The van der Waals surface area contributed by atoms with Crippen molar-refractivity contribution in [2.45, 2.75) is 102 Å². The lowest BCUT2D eigenvalue weighted by molar-refractivity contribution is -0.0386. The van der Waals surface area contributed by atoms with Crippen molar-refractivity contribution in [2.24, 2.45) is 5.92 Å². The van der Waals surface area contributed by atoms with Gasteiger partial charge in [-0.1, -0.05) is 39.0 Å². The van der Waals surface area contributed by atoms with Gasteiger partial charge in [-0.05, 0) is 50.2 Å². The molecule has 1 unspecified atom stereocenters. The molecule has 2 amide bonds. The first kappa shape index (κ1) is 24.7. The number of rotatable bonds is 7. The van der Waals surface area contributed by atoms with Crippen LogP contribution in [-0.2, 0) is 4.74 Å². The van der Waals surface area contributed by atoms with E-state index < -0.39 is 0 Å². The van der Waals surface area contributed by atoms with Crippen LogP contribution in [0.1, 0.15) is 94.5 Å². The van der Waals surface area contributed by atoms with Crippen LogP contribution in [0.2, 0.25) is 0 Å². The van der Waals surface area contributed by atoms with E-state index in [0.29, 0.717) is 17.7 Å². The number of ether oxygens (including phenoxy) is 1. The highest BCUT2D eigenvalue weighted by Crippen LogP contribution is 2.42. The second-order valence-electron chi connectivity index (χ2n) is 11.4. The van der Waals surface area contributed by atoms with Crippen molar-refractivity contribution in [2.75, 3.05) is 32.7 Å². The van der Waals surface area contributed by atoms with Crippen molar-refractivity contribution in [3.8, 4) is 0 Å². The van der Waals surface area contributed by atoms with Crippen molar-refractivity contribution < 1.29 is 14.3 Å². The maximum atomic E-state index is 13.1. The first-order valence-corrected chi connectivity index (χ1v) is 14.3. The van der Waals surface area contributed by atoms with Crippen molar-refractivity contribution in [3.05, 3.63) is 24.0 Å². The third kappa shape index (κ3) is 5.25. The number of aromatic amines is 1. The second-order valence-corrected chi connectivity index (χ2v) is 11.4. The number of amides is 2. The maximum absolute atomic E-state index is 13.1. The van der Waals surface area contributed by atoms with E-state index >= 15 is 0 Å². The molecular formula is C28H44N4O3. The number of carbonyl (C=O) groups is 2. The van der Waals surface area contributed by atoms with Gasteiger partial charge in [-0.15, -0.1) is 0 Å². The molecule has 35 heavy (non-hydrogen) atoms. The lowest BCUT2D eigenvalue weighted by atomic mass is 9.80. The number of aromatic nitrogens is 1. The number of hydrogen-bond donors (Lipinski definition) is 1. The topological polar surface area (TPSA) is 68.9 Å². The Hall–Kier alpha value is -2.02. The number of likely N-dealkylation sites (tertiary alicyclic amines) is 2. The zero-order valence-corrected chi connectivity index (χ0v) is 21.6. The third-order valence-corrected chi connectivity index (χ3v) is 9.26. The summed E-state index contributed by atoms with van der Waals surface area (Å²) in [6.45, 7) is 6.74. The Kier molecular flexibility index (Phi) is 7.71. The van der Waals surface area contributed by atoms with E-state index in [0.717, 1.165) is 77.7 Å². The zero-order valence-electron chi connectivity index (χ0n) is 21.6. The smallest absolute Gasteiger partial charge is 0.410 e. The fraction of sp³-hybridized carbons (Fsp3) is 0.786. The van der Waals surface area contributed by atoms with Crippen molar-refractivity contribution in [1.29, 1.82) is 0 Å². The normalized spacial score (nSPS) is 26.4. The summed E-state index contributed by atoms with van der Waals surface area (Å²) < 4.78 is 6.28. The van der Waals surface area contributed by atoms with Gasteiger partial charge in [0.25, 0.3) is 5.91 Å². The standard InChI is InChI=1S/C28H44N4O3/c1-2-3-11-25-28(35-27(34)32(25)21-22-8-5-4-6-9-22)14-19-30(20-15-28)23-12-17-31(18-13-23)26(33)24-10-7-16-29-24/h7,10,16,22-23,25,29H,2-6,8-9,11-15,17-21H2,1H3. The molecule has 1 N–H and O–H groups in total. The summed E-state index contributed by atoms with van der Waals surface area (Å²) in [7, 11) is 0. The van der Waals surface area contributed by atoms with Gasteiger partial charge < -0.3 is 19.5 Å². The minimum absolute atomic E-state index is 0.0544. The number of carbonyl (C=O) groups excluding carboxylic acids is 2. The Labute approximate surface area is 210 Å². The molecule has 5 rings (SSSR count). The van der Waals surface area contributed by atoms with E-state index in [1.807, 2.05) is 23.2 Å². The van der Waals surface area contributed by atoms with Crippen LogP contribution in [-0.4, -0.2) is 82.1 Å². The molecule has 1 aromatic heterocycles. The molecular weight excluding hydrogens is 440 g/mol. The Morgan fingerprint density at radius 2 is 1.83 bits per heavy atom. The first-order chi connectivity index (χ1) is 17.1. The van der Waals surface area contributed by atoms with Gasteiger partial charge in [0, 0.05) is 57.8 Å². The summed E-state index contributed by atoms with van der Waals surface area (Å²) >= 11 is 0. The summed E-state index contributed by atoms with van der Waals surface area (Å²) in [6.07, 6.45) is 15.5. The molecule has 4 aliphatic rings. The molecule has 1 saturated carbocycles. The van der Waals surface area contributed by atoms with Gasteiger partial charge in [-0.2, -0.15) is 0 Å². The lowest BCUT2D eigenvalue weighted by Crippen LogP contribution is -2.56. The van der Waals surface area contributed by atoms with Crippen LogP contribution >= 0.6 is 0 Å². The molecule has 1 spiro atoms. The molecule has 0 radical (unpaired) electrons. The van der Waals surface area contributed by atoms with Crippen LogP contribution in [0.4, 0.5) is 4.79 Å². The van der Waals surface area contributed by atoms with Crippen LogP contribution in [0.25, 0.3) is 0 Å². The summed E-state index contributed by atoms with van der Waals surface area (Å²) in [4.78, 5) is 35.6. The van der Waals surface area contributed by atoms with E-state index in [4.69, 9.17) is 4.74 Å². The van der Waals surface area contributed by atoms with E-state index in [9.17, 15) is 9.59 Å². The molecule has 3 saturated heterocycles. The average Bonchev–Trinajstić information content (AvgIpc) is 3.51. The van der Waals surface area contributed by atoms with Gasteiger partial charge >= 0.3 is 6.09 Å². The number of hydrogen-bond acceptors (Lipinski definition) is 4. The number of nitrogens with one attached hydrogen (secondary N) is 1. The third-order valence-electron chi connectivity index (χ3n) is 9.26. The Bertz CT molecular complexity index is 834. The van der Waals surface area contributed by atoms with E-state index in [1.165, 1.54) is 32.1 Å². The minimum Gasteiger partial charge on any atom is -0.440 e. The highest BCUT2D eigenvalue weighted by molar-refractivity contribution is 5.92. The molecule has 4 heterocycles. The van der Waals surface area contributed by atoms with Gasteiger partial charge in [0.1, 0.15) is 11.3 Å². The van der Waals surface area contributed by atoms with Gasteiger partial charge in [-0.3, -0.25) is 9.69 Å². The van der Waals surface area contributed by atoms with Gasteiger partial charge in [-0.25, -0.2) is 4.79 Å². The Morgan fingerprint density at radius 3 is 2.49 bits per heavy atom. The number of piperidine rings is 2. The molecule has 0 aromatic carbocycles. The molecule has 1 aliphatic carbocycles. The molecule has 7 heteroatoms. The zero-order chi connectivity index (χ0) is 24.3. The average molecular weight is 485 g/mol. The summed E-state index contributed by atoms with van der Waals surface area (Å²) in [5, 5.41) is 0. The number of H-pyrrole nitrogens is 1. The minimum atomic E-state index is -0.304. The highest BCUT2D eigenvalue weighted by atomic mass is 16.6. The highest BCUT2D eigenvalue weighted by Gasteiger charge is 2.55. The summed E-state index contributed by atoms with van der Waals surface area (Å²) in [6, 6.07) is 4.49. The fourth-order valence-electron chi connectivity index (χ4n) is 7.15. The predicted octanol–water partition coefficient (Wildman–Crippen LogP) is 5.05. The van der Waals surface area contributed by atoms with Crippen molar-refractivity contribution in [1.82, 2.24) is 19.7 Å². The summed E-state index contributed by atoms with van der Waals surface area (Å²) in [5.74, 6) is 0.760. The molecule has 4 fully saturated rings. The molecule has 194 valence electrons. The molecule has 0 bridgehead atoms. The largest absolute Gasteiger partial charge is 0.440 e. The first-order valence-electron chi connectivity index (χ1n) is 14.3.